The molecule has 6 nitrogen and oxygen atoms in total. The van der Waals surface area contributed by atoms with Crippen LogP contribution in [0.5, 0.6) is 0 Å². The summed E-state index contributed by atoms with van der Waals surface area (Å²) in [6.07, 6.45) is 6.01. The van der Waals surface area contributed by atoms with E-state index < -0.39 is 8.53 Å². The highest BCUT2D eigenvalue weighted by molar-refractivity contribution is 8.77. The fourth-order valence-electron chi connectivity index (χ4n) is 3.18. The van der Waals surface area contributed by atoms with Crippen molar-refractivity contribution in [2.45, 2.75) is 96.6 Å². The van der Waals surface area contributed by atoms with Crippen LogP contribution in [0.1, 0.15) is 73.1 Å². The van der Waals surface area contributed by atoms with Crippen molar-refractivity contribution in [2.75, 3.05) is 25.4 Å². The summed E-state index contributed by atoms with van der Waals surface area (Å²) in [5.41, 5.74) is 5.64. The van der Waals surface area contributed by atoms with Crippen molar-refractivity contribution in [3.05, 3.63) is 0 Å². The molecule has 0 spiro atoms. The lowest BCUT2D eigenvalue weighted by molar-refractivity contribution is -0.121. The molecule has 0 saturated carbocycles. The second-order valence-electron chi connectivity index (χ2n) is 7.94. The number of nitrogens with two attached hydrogens (primary N) is 1. The van der Waals surface area contributed by atoms with Crippen LogP contribution in [0.25, 0.3) is 0 Å². The third kappa shape index (κ3) is 11.6. The van der Waals surface area contributed by atoms with Gasteiger partial charge in [-0.25, -0.2) is 4.67 Å². The van der Waals surface area contributed by atoms with E-state index in [1.54, 1.807) is 0 Å². The first-order valence-corrected chi connectivity index (χ1v) is 14.5. The third-order valence-corrected chi connectivity index (χ3v) is 9.88. The smallest absolute Gasteiger partial charge is 0.259 e. The van der Waals surface area contributed by atoms with E-state index in [2.05, 4.69) is 44.6 Å². The SMILES string of the molecule is CCC(CNC(=O)CCCCC1CCSS1)OP(OCCN)N(C(C)C)C(C)C. The molecule has 1 fully saturated rings. The van der Waals surface area contributed by atoms with Gasteiger partial charge in [0, 0.05) is 42.6 Å². The van der Waals surface area contributed by atoms with Crippen LogP contribution in [0.2, 0.25) is 0 Å². The van der Waals surface area contributed by atoms with Gasteiger partial charge in [-0.05, 0) is 53.4 Å². The average molecular weight is 468 g/mol. The number of nitrogens with one attached hydrogen (secondary N) is 1. The zero-order valence-corrected chi connectivity index (χ0v) is 21.4. The summed E-state index contributed by atoms with van der Waals surface area (Å²) >= 11 is 0. The fourth-order valence-corrected chi connectivity index (χ4v) is 8.00. The Bertz CT molecular complexity index is 433. The van der Waals surface area contributed by atoms with Crippen molar-refractivity contribution in [3.63, 3.8) is 0 Å². The predicted molar refractivity (Wildman–Crippen MR) is 129 cm³/mol. The molecule has 172 valence electrons. The largest absolute Gasteiger partial charge is 0.353 e. The van der Waals surface area contributed by atoms with Gasteiger partial charge in [0.15, 0.2) is 0 Å². The van der Waals surface area contributed by atoms with Crippen molar-refractivity contribution >= 4 is 36.0 Å². The highest BCUT2D eigenvalue weighted by Crippen LogP contribution is 2.47. The Kier molecular flexibility index (Phi) is 15.3. The summed E-state index contributed by atoms with van der Waals surface area (Å²) in [7, 11) is 2.79. The van der Waals surface area contributed by atoms with Gasteiger partial charge in [-0.3, -0.25) is 4.79 Å². The van der Waals surface area contributed by atoms with Gasteiger partial charge in [-0.1, -0.05) is 34.9 Å². The molecule has 0 aliphatic carbocycles. The molecule has 3 atom stereocenters. The van der Waals surface area contributed by atoms with E-state index in [0.717, 1.165) is 24.5 Å². The second-order valence-corrected chi connectivity index (χ2v) is 12.1. The van der Waals surface area contributed by atoms with Crippen LogP contribution in [0, 0.1) is 0 Å². The van der Waals surface area contributed by atoms with Crippen molar-refractivity contribution in [3.8, 4) is 0 Å². The molecule has 1 aliphatic rings. The minimum Gasteiger partial charge on any atom is -0.353 e. The molecular weight excluding hydrogens is 425 g/mol. The molecule has 0 bridgehead atoms. The van der Waals surface area contributed by atoms with E-state index in [4.69, 9.17) is 14.8 Å². The van der Waals surface area contributed by atoms with Gasteiger partial charge in [0.25, 0.3) is 8.53 Å². The van der Waals surface area contributed by atoms with Gasteiger partial charge in [0.1, 0.15) is 0 Å². The van der Waals surface area contributed by atoms with Crippen LogP contribution in [0.15, 0.2) is 0 Å². The summed E-state index contributed by atoms with van der Waals surface area (Å²) < 4.78 is 14.6. The Morgan fingerprint density at radius 1 is 1.28 bits per heavy atom. The second kappa shape index (κ2) is 16.1. The van der Waals surface area contributed by atoms with Gasteiger partial charge in [-0.2, -0.15) is 0 Å². The Morgan fingerprint density at radius 3 is 2.55 bits per heavy atom. The van der Waals surface area contributed by atoms with Gasteiger partial charge < -0.3 is 20.1 Å². The predicted octanol–water partition coefficient (Wildman–Crippen LogP) is 4.93. The maximum atomic E-state index is 12.2. The highest BCUT2D eigenvalue weighted by atomic mass is 33.1. The molecule has 0 radical (unpaired) electrons. The molecule has 0 aromatic heterocycles. The molecule has 1 rings (SSSR count). The number of hydrogen-bond donors (Lipinski definition) is 2. The Labute approximate surface area is 187 Å². The number of amides is 1. The lowest BCUT2D eigenvalue weighted by atomic mass is 10.1. The number of nitrogens with zero attached hydrogens (tertiary/aromatic N) is 1. The maximum absolute atomic E-state index is 12.2. The molecule has 0 aromatic carbocycles. The summed E-state index contributed by atoms with van der Waals surface area (Å²) in [5.74, 6) is 1.40. The van der Waals surface area contributed by atoms with E-state index in [1.165, 1.54) is 18.6 Å². The molecule has 1 aliphatic heterocycles. The number of carbonyl (C=O) groups is 1. The van der Waals surface area contributed by atoms with E-state index >= 15 is 0 Å². The zero-order valence-electron chi connectivity index (χ0n) is 18.9. The summed E-state index contributed by atoms with van der Waals surface area (Å²) in [6, 6.07) is 0.616. The molecule has 3 unspecified atom stereocenters. The topological polar surface area (TPSA) is 76.8 Å². The maximum Gasteiger partial charge on any atom is 0.259 e. The molecule has 9 heteroatoms. The normalized spacial score (nSPS) is 19.3. The number of hydrogen-bond acceptors (Lipinski definition) is 7. The minimum absolute atomic E-state index is 0.0604. The molecule has 29 heavy (non-hydrogen) atoms. The van der Waals surface area contributed by atoms with E-state index in [-0.39, 0.29) is 12.0 Å². The summed E-state index contributed by atoms with van der Waals surface area (Å²) in [4.78, 5) is 12.2. The fraction of sp³-hybridized carbons (Fsp3) is 0.950. The van der Waals surface area contributed by atoms with Gasteiger partial charge in [0.05, 0.1) is 12.7 Å². The van der Waals surface area contributed by atoms with Crippen molar-refractivity contribution < 1.29 is 13.8 Å². The monoisotopic (exact) mass is 467 g/mol. The highest BCUT2D eigenvalue weighted by Gasteiger charge is 2.29. The molecular formula is C20H42N3O3PS2. The number of carbonyl (C=O) groups excluding carboxylic acids is 1. The molecule has 1 amide bonds. The van der Waals surface area contributed by atoms with Crippen molar-refractivity contribution in [1.29, 1.82) is 0 Å². The standard InChI is InChI=1S/C20H42N3O3PS2/c1-6-18(26-27(25-13-12-21)23(16(2)3)17(4)5)15-22-20(24)10-8-7-9-19-11-14-28-29-19/h16-19H,6-15,21H2,1-5H3,(H,22,24). The lowest BCUT2D eigenvalue weighted by Gasteiger charge is -2.37. The van der Waals surface area contributed by atoms with E-state index in [9.17, 15) is 4.79 Å². The van der Waals surface area contributed by atoms with Gasteiger partial charge >= 0.3 is 0 Å². The van der Waals surface area contributed by atoms with Gasteiger partial charge in [0.2, 0.25) is 5.91 Å². The molecule has 3 N–H and O–H groups in total. The first-order chi connectivity index (χ1) is 13.9. The average Bonchev–Trinajstić information content (AvgIpc) is 3.19. The third-order valence-electron chi connectivity index (χ3n) is 4.70. The Balaban J connectivity index is 2.40. The van der Waals surface area contributed by atoms with Crippen LogP contribution in [-0.4, -0.2) is 59.5 Å². The molecule has 0 aromatic rings. The first kappa shape index (κ1) is 27.5. The van der Waals surface area contributed by atoms with Crippen LogP contribution >= 0.6 is 30.1 Å². The van der Waals surface area contributed by atoms with Crippen molar-refractivity contribution in [2.24, 2.45) is 5.73 Å². The Hall–Kier alpha value is 0.440. The van der Waals surface area contributed by atoms with Crippen LogP contribution in [-0.2, 0) is 13.8 Å². The minimum atomic E-state index is -1.21. The van der Waals surface area contributed by atoms with Crippen LogP contribution < -0.4 is 11.1 Å². The summed E-state index contributed by atoms with van der Waals surface area (Å²) in [6.45, 7) is 12.1. The zero-order chi connectivity index (χ0) is 21.6. The van der Waals surface area contributed by atoms with E-state index in [1.807, 2.05) is 21.6 Å². The van der Waals surface area contributed by atoms with E-state index in [0.29, 0.717) is 38.2 Å². The molecule has 1 saturated heterocycles. The summed E-state index contributed by atoms with van der Waals surface area (Å²) in [5, 5.41) is 3.85. The quantitative estimate of drug-likeness (QED) is 0.189. The Morgan fingerprint density at radius 2 is 2.00 bits per heavy atom. The van der Waals surface area contributed by atoms with Gasteiger partial charge in [-0.15, -0.1) is 0 Å². The van der Waals surface area contributed by atoms with Crippen LogP contribution in [0.4, 0.5) is 0 Å². The van der Waals surface area contributed by atoms with Crippen molar-refractivity contribution in [1.82, 2.24) is 9.99 Å². The van der Waals surface area contributed by atoms with Crippen LogP contribution in [0.3, 0.4) is 0 Å². The first-order valence-electron chi connectivity index (χ1n) is 11.0. The number of rotatable bonds is 16. The lowest BCUT2D eigenvalue weighted by Crippen LogP contribution is -2.37. The molecule has 1 heterocycles. The number of unbranched alkanes of at least 4 members (excludes halogenated alkanes) is 1.